The molecule has 0 saturated carbocycles. The van der Waals surface area contributed by atoms with Crippen LogP contribution in [0, 0.1) is 0 Å². The van der Waals surface area contributed by atoms with Crippen LogP contribution in [0.2, 0.25) is 0 Å². The maximum absolute atomic E-state index is 12.6. The van der Waals surface area contributed by atoms with Gasteiger partial charge in [-0.3, -0.25) is 9.59 Å². The van der Waals surface area contributed by atoms with E-state index in [0.29, 0.717) is 6.29 Å². The summed E-state index contributed by atoms with van der Waals surface area (Å²) in [4.78, 5) is 23.5. The number of carbonyl (C=O) groups excluding carboxylic acids is 2. The van der Waals surface area contributed by atoms with Crippen LogP contribution in [-0.4, -0.2) is 73.9 Å². The fourth-order valence-corrected chi connectivity index (χ4v) is 3.77. The summed E-state index contributed by atoms with van der Waals surface area (Å²) < 4.78 is 34.3. The predicted octanol–water partition coefficient (Wildman–Crippen LogP) is -0.610. The summed E-state index contributed by atoms with van der Waals surface area (Å²) in [6.07, 6.45) is -2.67. The van der Waals surface area contributed by atoms with Crippen molar-refractivity contribution >= 4 is 12.2 Å². The molecule has 0 spiro atoms. The van der Waals surface area contributed by atoms with E-state index in [-0.39, 0.29) is 13.0 Å². The molecule has 6 atom stereocenters. The van der Waals surface area contributed by atoms with Gasteiger partial charge in [-0.25, -0.2) is 0 Å². The molecule has 3 N–H and O–H groups in total. The summed E-state index contributed by atoms with van der Waals surface area (Å²) in [7, 11) is 1.32. The van der Waals surface area contributed by atoms with Gasteiger partial charge in [0, 0.05) is 7.11 Å². The molecule has 0 aliphatic carbocycles. The average molecular weight is 388 g/mol. The first kappa shape index (κ1) is 20.6. The van der Waals surface area contributed by atoms with Gasteiger partial charge >= 0.3 is 0 Å². The van der Waals surface area contributed by atoms with E-state index < -0.39 is 53.9 Å². The molecule has 154 valence electrons. The van der Waals surface area contributed by atoms with Crippen molar-refractivity contribution in [1.82, 2.24) is 5.32 Å². The van der Waals surface area contributed by atoms with E-state index >= 15 is 0 Å². The van der Waals surface area contributed by atoms with Crippen LogP contribution in [0.3, 0.4) is 0 Å². The number of rotatable bonds is 6. The third-order valence-electron chi connectivity index (χ3n) is 5.01. The molecule has 0 aromatic heterocycles. The molecule has 27 heavy (non-hydrogen) atoms. The van der Waals surface area contributed by atoms with Gasteiger partial charge in [0.15, 0.2) is 30.4 Å². The quantitative estimate of drug-likeness (QED) is 0.452. The highest BCUT2D eigenvalue weighted by Gasteiger charge is 2.65. The van der Waals surface area contributed by atoms with Crippen molar-refractivity contribution in [1.29, 1.82) is 0 Å². The second-order valence-corrected chi connectivity index (χ2v) is 7.92. The zero-order valence-corrected chi connectivity index (χ0v) is 16.2. The molecule has 10 heteroatoms. The summed E-state index contributed by atoms with van der Waals surface area (Å²) in [6, 6.07) is -0.713. The highest BCUT2D eigenvalue weighted by atomic mass is 16.8. The van der Waals surface area contributed by atoms with Gasteiger partial charge in [-0.05, 0) is 27.7 Å². The minimum atomic E-state index is -1.25. The number of hydrogen-bond acceptors (Lipinski definition) is 9. The van der Waals surface area contributed by atoms with Crippen LogP contribution in [0.4, 0.5) is 0 Å². The Labute approximate surface area is 157 Å². The highest BCUT2D eigenvalue weighted by molar-refractivity contribution is 5.80. The highest BCUT2D eigenvalue weighted by Crippen LogP contribution is 2.47. The molecular weight excluding hydrogens is 360 g/mol. The van der Waals surface area contributed by atoms with E-state index in [1.165, 1.54) is 7.11 Å². The molecule has 3 aliphatic heterocycles. The number of nitrogens with one attached hydrogen (secondary N) is 1. The Bertz CT molecular complexity index is 597. The van der Waals surface area contributed by atoms with Crippen LogP contribution in [0.1, 0.15) is 34.1 Å². The maximum Gasteiger partial charge on any atom is 0.225 e. The summed E-state index contributed by atoms with van der Waals surface area (Å²) >= 11 is 0. The van der Waals surface area contributed by atoms with E-state index in [0.717, 1.165) is 0 Å². The van der Waals surface area contributed by atoms with Crippen molar-refractivity contribution in [2.45, 2.75) is 82.1 Å². The van der Waals surface area contributed by atoms with E-state index in [4.69, 9.17) is 34.2 Å². The number of ether oxygens (including phenoxy) is 6. The van der Waals surface area contributed by atoms with Crippen molar-refractivity contribution in [2.75, 3.05) is 13.7 Å². The lowest BCUT2D eigenvalue weighted by Crippen LogP contribution is -2.60. The fraction of sp³-hybridized carbons (Fsp3) is 0.882. The Morgan fingerprint density at radius 1 is 1.22 bits per heavy atom. The molecule has 0 bridgehead atoms. The van der Waals surface area contributed by atoms with Gasteiger partial charge in [-0.2, -0.15) is 0 Å². The SMILES string of the molecule is COC(C=O)NC(=O)C[C@]1([C@H]2COC(C)(C)O2)O[C@@H]2OC(C)(C)O[C@@H]2[C@@H]1N. The number of amides is 1. The standard InChI is InChI=1S/C17H28N2O8/c1-15(2)23-8-9(24-15)17(6-10(21)19-11(7-20)22-5)13(18)12-14(27-17)26-16(3,4)25-12/h7,9,11-14H,6,8,18H2,1-5H3,(H,19,21)/t9-,11?,12-,13+,14+,17-/m1/s1. The first-order valence-corrected chi connectivity index (χ1v) is 8.90. The van der Waals surface area contributed by atoms with Crippen LogP contribution in [-0.2, 0) is 38.0 Å². The van der Waals surface area contributed by atoms with Gasteiger partial charge in [0.2, 0.25) is 5.91 Å². The summed E-state index contributed by atoms with van der Waals surface area (Å²) in [5, 5.41) is 2.47. The smallest absolute Gasteiger partial charge is 0.225 e. The second kappa shape index (κ2) is 7.03. The monoisotopic (exact) mass is 388 g/mol. The first-order chi connectivity index (χ1) is 12.5. The zero-order valence-electron chi connectivity index (χ0n) is 16.2. The van der Waals surface area contributed by atoms with Gasteiger partial charge in [0.25, 0.3) is 0 Å². The molecule has 3 rings (SSSR count). The van der Waals surface area contributed by atoms with E-state index in [1.807, 2.05) is 0 Å². The topological polar surface area (TPSA) is 128 Å². The molecule has 3 saturated heterocycles. The normalized spacial score (nSPS) is 40.5. The number of aldehydes is 1. The van der Waals surface area contributed by atoms with Crippen LogP contribution in [0.5, 0.6) is 0 Å². The molecule has 3 heterocycles. The minimum Gasteiger partial charge on any atom is -0.355 e. The lowest BCUT2D eigenvalue weighted by Gasteiger charge is -2.38. The Morgan fingerprint density at radius 2 is 1.93 bits per heavy atom. The molecule has 3 fully saturated rings. The third-order valence-corrected chi connectivity index (χ3v) is 5.01. The fourth-order valence-electron chi connectivity index (χ4n) is 3.77. The summed E-state index contributed by atoms with van der Waals surface area (Å²) in [5.74, 6) is -2.16. The van der Waals surface area contributed by atoms with Crippen LogP contribution in [0.25, 0.3) is 0 Å². The van der Waals surface area contributed by atoms with Gasteiger partial charge < -0.3 is 39.5 Å². The Morgan fingerprint density at radius 3 is 2.44 bits per heavy atom. The Hall–Kier alpha value is -1.14. The Kier molecular flexibility index (Phi) is 5.36. The predicted molar refractivity (Wildman–Crippen MR) is 90.1 cm³/mol. The molecule has 3 aliphatic rings. The van der Waals surface area contributed by atoms with Crippen LogP contribution < -0.4 is 11.1 Å². The molecule has 0 aromatic carbocycles. The van der Waals surface area contributed by atoms with Gasteiger partial charge in [0.1, 0.15) is 17.8 Å². The lowest BCUT2D eigenvalue weighted by atomic mass is 9.84. The number of methoxy groups -OCH3 is 1. The van der Waals surface area contributed by atoms with Crippen molar-refractivity contribution in [3.05, 3.63) is 0 Å². The number of carbonyl (C=O) groups is 2. The molecule has 10 nitrogen and oxygen atoms in total. The zero-order chi connectivity index (χ0) is 20.0. The number of fused-ring (bicyclic) bond motifs is 1. The van der Waals surface area contributed by atoms with Crippen molar-refractivity contribution in [3.8, 4) is 0 Å². The van der Waals surface area contributed by atoms with Crippen molar-refractivity contribution < 1.29 is 38.0 Å². The first-order valence-electron chi connectivity index (χ1n) is 8.90. The molecule has 0 aromatic rings. The number of nitrogens with two attached hydrogens (primary N) is 1. The second-order valence-electron chi connectivity index (χ2n) is 7.92. The minimum absolute atomic E-state index is 0.174. The molecule has 1 unspecified atom stereocenters. The third kappa shape index (κ3) is 3.88. The van der Waals surface area contributed by atoms with Gasteiger partial charge in [-0.1, -0.05) is 0 Å². The van der Waals surface area contributed by atoms with Gasteiger partial charge in [0.05, 0.1) is 19.1 Å². The summed E-state index contributed by atoms with van der Waals surface area (Å²) in [5.41, 5.74) is 5.24. The maximum atomic E-state index is 12.6. The van der Waals surface area contributed by atoms with Crippen molar-refractivity contribution in [2.24, 2.45) is 5.73 Å². The molecule has 1 amide bonds. The largest absolute Gasteiger partial charge is 0.355 e. The van der Waals surface area contributed by atoms with E-state index in [9.17, 15) is 9.59 Å². The van der Waals surface area contributed by atoms with Gasteiger partial charge in [-0.15, -0.1) is 0 Å². The molecular formula is C17H28N2O8. The van der Waals surface area contributed by atoms with Crippen LogP contribution in [0.15, 0.2) is 0 Å². The Balaban J connectivity index is 1.83. The van der Waals surface area contributed by atoms with Crippen LogP contribution >= 0.6 is 0 Å². The molecule has 0 radical (unpaired) electrons. The van der Waals surface area contributed by atoms with E-state index in [2.05, 4.69) is 5.32 Å². The number of hydrogen-bond donors (Lipinski definition) is 2. The summed E-state index contributed by atoms with van der Waals surface area (Å²) in [6.45, 7) is 7.26. The van der Waals surface area contributed by atoms with Crippen molar-refractivity contribution in [3.63, 3.8) is 0 Å². The average Bonchev–Trinajstić information content (AvgIpc) is 3.16. The van der Waals surface area contributed by atoms with E-state index in [1.54, 1.807) is 27.7 Å². The lowest BCUT2D eigenvalue weighted by molar-refractivity contribution is -0.252.